The van der Waals surface area contributed by atoms with E-state index in [1.165, 1.54) is 18.1 Å². The first-order valence-corrected chi connectivity index (χ1v) is 13.5. The van der Waals surface area contributed by atoms with E-state index in [0.29, 0.717) is 17.7 Å². The van der Waals surface area contributed by atoms with E-state index in [4.69, 9.17) is 28.4 Å². The molecule has 4 atom stereocenters. The lowest BCUT2D eigenvalue weighted by atomic mass is 9.99. The van der Waals surface area contributed by atoms with Crippen molar-refractivity contribution in [3.05, 3.63) is 41.2 Å². The van der Waals surface area contributed by atoms with Crippen molar-refractivity contribution in [2.75, 3.05) is 25.9 Å². The van der Waals surface area contributed by atoms with Gasteiger partial charge in [0.15, 0.2) is 12.6 Å². The van der Waals surface area contributed by atoms with Crippen molar-refractivity contribution in [3.8, 4) is 5.75 Å². The van der Waals surface area contributed by atoms with Crippen LogP contribution in [0, 0.1) is 5.92 Å². The Morgan fingerprint density at radius 3 is 2.50 bits per heavy atom. The van der Waals surface area contributed by atoms with Gasteiger partial charge in [-0.25, -0.2) is 14.0 Å². The van der Waals surface area contributed by atoms with Gasteiger partial charge >= 0.3 is 12.1 Å². The Balaban J connectivity index is 2.11. The third kappa shape index (κ3) is 8.28. The highest BCUT2D eigenvalue weighted by Gasteiger charge is 2.41. The Morgan fingerprint density at radius 2 is 1.85 bits per heavy atom. The summed E-state index contributed by atoms with van der Waals surface area (Å²) >= 11 is 0. The van der Waals surface area contributed by atoms with E-state index < -0.39 is 47.7 Å². The number of carbonyl (C=O) groups is 2. The van der Waals surface area contributed by atoms with E-state index >= 15 is 0 Å². The number of fused-ring (bicyclic) bond motifs is 2. The van der Waals surface area contributed by atoms with Crippen LogP contribution in [0.4, 0.5) is 14.9 Å². The molecule has 3 rings (SSSR count). The zero-order chi connectivity index (χ0) is 29.8. The molecule has 0 radical (unpaired) electrons. The van der Waals surface area contributed by atoms with E-state index in [1.54, 1.807) is 73.7 Å². The summed E-state index contributed by atoms with van der Waals surface area (Å²) in [5, 5.41) is 0. The zero-order valence-electron chi connectivity index (χ0n) is 24.9. The van der Waals surface area contributed by atoms with E-state index in [0.717, 1.165) is 0 Å². The number of anilines is 1. The van der Waals surface area contributed by atoms with Crippen molar-refractivity contribution in [2.24, 2.45) is 5.92 Å². The van der Waals surface area contributed by atoms with Gasteiger partial charge in [0.2, 0.25) is 0 Å². The molecule has 0 aliphatic carbocycles. The summed E-state index contributed by atoms with van der Waals surface area (Å²) in [6.07, 6.45) is 3.33. The van der Waals surface area contributed by atoms with Crippen LogP contribution in [0.5, 0.6) is 5.75 Å². The molecule has 2 heterocycles. The maximum Gasteiger partial charge on any atom is 0.414 e. The quantitative estimate of drug-likeness (QED) is 0.307. The maximum absolute atomic E-state index is 15.0. The lowest BCUT2D eigenvalue weighted by Gasteiger charge is -2.26. The van der Waals surface area contributed by atoms with Crippen LogP contribution in [0.2, 0.25) is 0 Å². The van der Waals surface area contributed by atoms with Crippen LogP contribution in [0.25, 0.3) is 6.08 Å². The number of halogens is 1. The minimum atomic E-state index is -0.863. The number of esters is 1. The van der Waals surface area contributed by atoms with Gasteiger partial charge in [0.05, 0.1) is 23.7 Å². The Labute approximate surface area is 236 Å². The molecule has 0 saturated carbocycles. The fourth-order valence-electron chi connectivity index (χ4n) is 4.46. The molecule has 2 aliphatic heterocycles. The average Bonchev–Trinajstić information content (AvgIpc) is 3.12. The maximum atomic E-state index is 15.0. The van der Waals surface area contributed by atoms with Crippen molar-refractivity contribution >= 4 is 23.8 Å². The first-order valence-electron chi connectivity index (χ1n) is 13.5. The van der Waals surface area contributed by atoms with Gasteiger partial charge in [-0.1, -0.05) is 19.1 Å². The smallest absolute Gasteiger partial charge is 0.414 e. The molecule has 10 heteroatoms. The standard InChI is InChI=1S/C30H42FNO8/c1-18-13-21(31)15-24-23(38-30(6,7)39-24)12-10-11-20-14-22(32(8)28(34)40-29(3,4)5)16-25(36-17-35-9)26(20)27(33)37-19(18)2/h10-11,13-14,16,18-19,23-24H,12,15,17H2,1-9H3/b11-10+,21-13+/t18-,19+,23-,24+/m1/s1. The molecule has 0 unspecified atom stereocenters. The average molecular weight is 564 g/mol. The van der Waals surface area contributed by atoms with E-state index in [2.05, 4.69) is 0 Å². The lowest BCUT2D eigenvalue weighted by Crippen LogP contribution is -2.34. The Hall–Kier alpha value is -2.95. The SMILES string of the molecule is COCOc1cc(N(C)C(=O)OC(C)(C)C)cc2c1C(=O)O[C@@H](C)[C@H](C)/C=C(/F)C[C@@H]1OC(C)(C)O[C@@H]1C/C=C/2. The van der Waals surface area contributed by atoms with Crippen LogP contribution in [0.3, 0.4) is 0 Å². The fourth-order valence-corrected chi connectivity index (χ4v) is 4.46. The van der Waals surface area contributed by atoms with Gasteiger partial charge in [0, 0.05) is 32.6 Å². The van der Waals surface area contributed by atoms with Crippen LogP contribution in [-0.4, -0.2) is 62.7 Å². The van der Waals surface area contributed by atoms with Gasteiger partial charge in [-0.15, -0.1) is 0 Å². The number of rotatable bonds is 4. The largest absolute Gasteiger partial charge is 0.467 e. The van der Waals surface area contributed by atoms with Crippen LogP contribution >= 0.6 is 0 Å². The summed E-state index contributed by atoms with van der Waals surface area (Å²) in [7, 11) is 3.03. The second kappa shape index (κ2) is 12.7. The van der Waals surface area contributed by atoms with Gasteiger partial charge in [0.25, 0.3) is 0 Å². The van der Waals surface area contributed by atoms with E-state index in [9.17, 15) is 14.0 Å². The van der Waals surface area contributed by atoms with Crippen molar-refractivity contribution in [1.29, 1.82) is 0 Å². The molecule has 1 amide bonds. The van der Waals surface area contributed by atoms with Crippen LogP contribution < -0.4 is 9.64 Å². The summed E-state index contributed by atoms with van der Waals surface area (Å²) in [4.78, 5) is 27.7. The summed E-state index contributed by atoms with van der Waals surface area (Å²) in [5.41, 5.74) is 0.337. The summed E-state index contributed by atoms with van der Waals surface area (Å²) in [6.45, 7) is 12.3. The molecule has 0 spiro atoms. The monoisotopic (exact) mass is 563 g/mol. The first-order chi connectivity index (χ1) is 18.6. The minimum Gasteiger partial charge on any atom is -0.467 e. The predicted molar refractivity (Wildman–Crippen MR) is 149 cm³/mol. The van der Waals surface area contributed by atoms with Crippen molar-refractivity contribution in [3.63, 3.8) is 0 Å². The summed E-state index contributed by atoms with van der Waals surface area (Å²) in [6, 6.07) is 3.24. The number of carbonyl (C=O) groups excluding carboxylic acids is 2. The highest BCUT2D eigenvalue weighted by molar-refractivity contribution is 5.99. The molecule has 1 aromatic carbocycles. The Bertz CT molecular complexity index is 1140. The number of ether oxygens (including phenoxy) is 6. The Kier molecular flexibility index (Phi) is 10.0. The van der Waals surface area contributed by atoms with Crippen molar-refractivity contribution in [1.82, 2.24) is 0 Å². The molecular formula is C30H42FNO8. The first kappa shape index (κ1) is 31.6. The number of nitrogens with zero attached hydrogens (tertiary/aromatic N) is 1. The topological polar surface area (TPSA) is 92.8 Å². The molecule has 40 heavy (non-hydrogen) atoms. The second-order valence-electron chi connectivity index (χ2n) is 11.6. The molecule has 1 fully saturated rings. The zero-order valence-corrected chi connectivity index (χ0v) is 24.9. The van der Waals surface area contributed by atoms with Gasteiger partial charge < -0.3 is 28.4 Å². The van der Waals surface area contributed by atoms with Crippen LogP contribution in [0.1, 0.15) is 77.2 Å². The molecular weight excluding hydrogens is 521 g/mol. The third-order valence-electron chi connectivity index (χ3n) is 6.53. The molecule has 1 aromatic rings. The molecule has 0 bridgehead atoms. The van der Waals surface area contributed by atoms with E-state index in [1.807, 2.05) is 6.08 Å². The van der Waals surface area contributed by atoms with Crippen molar-refractivity contribution in [2.45, 2.75) is 91.0 Å². The van der Waals surface area contributed by atoms with Gasteiger partial charge in [-0.3, -0.25) is 4.90 Å². The van der Waals surface area contributed by atoms with Gasteiger partial charge in [0.1, 0.15) is 23.0 Å². The number of methoxy groups -OCH3 is 1. The molecule has 2 aliphatic rings. The molecule has 0 aromatic heterocycles. The summed E-state index contributed by atoms with van der Waals surface area (Å²) < 4.78 is 49.2. The normalized spacial score (nSPS) is 27.2. The van der Waals surface area contributed by atoms with Gasteiger partial charge in [-0.2, -0.15) is 0 Å². The number of hydrogen-bond donors (Lipinski definition) is 0. The Morgan fingerprint density at radius 1 is 1.18 bits per heavy atom. The lowest BCUT2D eigenvalue weighted by molar-refractivity contribution is -0.146. The highest BCUT2D eigenvalue weighted by Crippen LogP contribution is 2.36. The molecule has 9 nitrogen and oxygen atoms in total. The number of cyclic esters (lactones) is 1. The molecule has 222 valence electrons. The second-order valence-corrected chi connectivity index (χ2v) is 11.6. The molecule has 1 saturated heterocycles. The van der Waals surface area contributed by atoms with Crippen LogP contribution in [0.15, 0.2) is 30.1 Å². The highest BCUT2D eigenvalue weighted by atomic mass is 19.1. The minimum absolute atomic E-state index is 0.0450. The van der Waals surface area contributed by atoms with E-state index in [-0.39, 0.29) is 30.4 Å². The van der Waals surface area contributed by atoms with Crippen molar-refractivity contribution < 1.29 is 42.4 Å². The number of benzene rings is 1. The van der Waals surface area contributed by atoms with Crippen LogP contribution in [-0.2, 0) is 23.7 Å². The van der Waals surface area contributed by atoms with Gasteiger partial charge in [-0.05, 0) is 65.7 Å². The third-order valence-corrected chi connectivity index (χ3v) is 6.53. The number of amides is 1. The summed E-state index contributed by atoms with van der Waals surface area (Å²) in [5.74, 6) is -2.13. The molecule has 0 N–H and O–H groups in total. The number of hydrogen-bond acceptors (Lipinski definition) is 8. The fraction of sp³-hybridized carbons (Fsp3) is 0.600. The predicted octanol–water partition coefficient (Wildman–Crippen LogP) is 6.40.